The molecule has 3 nitrogen and oxygen atoms in total. The molecule has 0 aliphatic heterocycles. The van der Waals surface area contributed by atoms with Crippen LogP contribution < -0.4 is 5.73 Å². The molecule has 0 radical (unpaired) electrons. The molecule has 1 aliphatic carbocycles. The lowest BCUT2D eigenvalue weighted by Gasteiger charge is -2.06. The molecule has 2 aromatic rings. The van der Waals surface area contributed by atoms with Crippen LogP contribution in [0.25, 0.3) is 11.1 Å². The highest BCUT2D eigenvalue weighted by molar-refractivity contribution is 6.39. The average Bonchev–Trinajstić information content (AvgIpc) is 3.05. The molecule has 1 saturated carbocycles. The van der Waals surface area contributed by atoms with E-state index in [1.54, 1.807) is 18.2 Å². The lowest BCUT2D eigenvalue weighted by atomic mass is 10.0. The topological polar surface area (TPSA) is 52.0 Å². The average molecular weight is 269 g/mol. The number of nitrogen functional groups attached to an aromatic ring is 1. The molecule has 1 heterocycles. The standard InChI is InChI=1S/C12H10Cl2N2O/c13-7-2-1-3-8(14)9(7)10-11(6-4-5-6)17-16-12(10)15/h1-3,6H,4-5H2,(H2,15,16). The molecule has 0 spiro atoms. The van der Waals surface area contributed by atoms with Gasteiger partial charge in [-0.05, 0) is 25.0 Å². The summed E-state index contributed by atoms with van der Waals surface area (Å²) in [7, 11) is 0. The number of halogens is 2. The Hall–Kier alpha value is -1.19. The minimum Gasteiger partial charge on any atom is -0.380 e. The molecule has 2 N–H and O–H groups in total. The summed E-state index contributed by atoms with van der Waals surface area (Å²) in [4.78, 5) is 0. The van der Waals surface area contributed by atoms with Gasteiger partial charge in [0.1, 0.15) is 5.76 Å². The molecular formula is C12H10Cl2N2O. The van der Waals surface area contributed by atoms with Gasteiger partial charge in [0.2, 0.25) is 0 Å². The summed E-state index contributed by atoms with van der Waals surface area (Å²) < 4.78 is 5.29. The first-order valence-electron chi connectivity index (χ1n) is 5.38. The Labute approximate surface area is 108 Å². The molecule has 1 aromatic heterocycles. The third-order valence-electron chi connectivity index (χ3n) is 2.91. The molecule has 0 bridgehead atoms. The monoisotopic (exact) mass is 268 g/mol. The Morgan fingerprint density at radius 1 is 1.18 bits per heavy atom. The minimum atomic E-state index is 0.349. The van der Waals surface area contributed by atoms with Crippen molar-refractivity contribution < 1.29 is 4.52 Å². The van der Waals surface area contributed by atoms with Gasteiger partial charge >= 0.3 is 0 Å². The van der Waals surface area contributed by atoms with Gasteiger partial charge in [0.25, 0.3) is 0 Å². The van der Waals surface area contributed by atoms with Gasteiger partial charge in [-0.15, -0.1) is 0 Å². The first-order valence-corrected chi connectivity index (χ1v) is 6.13. The fraction of sp³-hybridized carbons (Fsp3) is 0.250. The van der Waals surface area contributed by atoms with Crippen molar-refractivity contribution in [3.8, 4) is 11.1 Å². The zero-order valence-electron chi connectivity index (χ0n) is 8.91. The number of nitrogens with two attached hydrogens (primary N) is 1. The van der Waals surface area contributed by atoms with Crippen molar-refractivity contribution in [3.63, 3.8) is 0 Å². The van der Waals surface area contributed by atoms with E-state index in [-0.39, 0.29) is 0 Å². The van der Waals surface area contributed by atoms with Crippen LogP contribution in [0.3, 0.4) is 0 Å². The SMILES string of the molecule is Nc1noc(C2CC2)c1-c1c(Cl)cccc1Cl. The highest BCUT2D eigenvalue weighted by Crippen LogP contribution is 2.49. The Bertz CT molecular complexity index is 556. The maximum absolute atomic E-state index is 6.18. The van der Waals surface area contributed by atoms with Crippen LogP contribution in [0.15, 0.2) is 22.7 Å². The van der Waals surface area contributed by atoms with Gasteiger partial charge in [0.15, 0.2) is 5.82 Å². The Balaban J connectivity index is 2.24. The van der Waals surface area contributed by atoms with Crippen molar-refractivity contribution in [2.24, 2.45) is 0 Å². The van der Waals surface area contributed by atoms with Gasteiger partial charge in [0.05, 0.1) is 15.6 Å². The quantitative estimate of drug-likeness (QED) is 0.892. The third kappa shape index (κ3) is 1.79. The molecule has 0 amide bonds. The summed E-state index contributed by atoms with van der Waals surface area (Å²) in [5.74, 6) is 1.56. The third-order valence-corrected chi connectivity index (χ3v) is 3.54. The minimum absolute atomic E-state index is 0.349. The number of nitrogens with zero attached hydrogens (tertiary/aromatic N) is 1. The zero-order chi connectivity index (χ0) is 12.0. The first-order chi connectivity index (χ1) is 8.18. The van der Waals surface area contributed by atoms with E-state index in [4.69, 9.17) is 33.5 Å². The molecule has 3 rings (SSSR count). The summed E-state index contributed by atoms with van der Waals surface area (Å²) in [6.07, 6.45) is 2.20. The van der Waals surface area contributed by atoms with E-state index >= 15 is 0 Å². The second-order valence-corrected chi connectivity index (χ2v) is 4.99. The number of hydrogen-bond donors (Lipinski definition) is 1. The Kier molecular flexibility index (Phi) is 2.53. The molecule has 88 valence electrons. The summed E-state index contributed by atoms with van der Waals surface area (Å²) in [6, 6.07) is 5.37. The van der Waals surface area contributed by atoms with Gasteiger partial charge in [-0.3, -0.25) is 0 Å². The lowest BCUT2D eigenvalue weighted by molar-refractivity contribution is 0.387. The molecular weight excluding hydrogens is 259 g/mol. The van der Waals surface area contributed by atoms with E-state index in [2.05, 4.69) is 5.16 Å². The van der Waals surface area contributed by atoms with Crippen LogP contribution in [0, 0.1) is 0 Å². The van der Waals surface area contributed by atoms with Crippen LogP contribution in [-0.4, -0.2) is 5.16 Å². The number of aromatic nitrogens is 1. The van der Waals surface area contributed by atoms with Crippen molar-refractivity contribution in [2.75, 3.05) is 5.73 Å². The van der Waals surface area contributed by atoms with E-state index in [0.29, 0.717) is 21.8 Å². The summed E-state index contributed by atoms with van der Waals surface area (Å²) in [5, 5.41) is 4.95. The predicted molar refractivity (Wildman–Crippen MR) is 68.3 cm³/mol. The molecule has 1 aliphatic rings. The Morgan fingerprint density at radius 2 is 1.82 bits per heavy atom. The van der Waals surface area contributed by atoms with Crippen molar-refractivity contribution in [1.82, 2.24) is 5.16 Å². The molecule has 0 atom stereocenters. The predicted octanol–water partition coefficient (Wildman–Crippen LogP) is 4.11. The van der Waals surface area contributed by atoms with Crippen molar-refractivity contribution >= 4 is 29.0 Å². The molecule has 5 heteroatoms. The van der Waals surface area contributed by atoms with Gasteiger partial charge < -0.3 is 10.3 Å². The largest absolute Gasteiger partial charge is 0.380 e. The second kappa shape index (κ2) is 3.93. The van der Waals surface area contributed by atoms with E-state index < -0.39 is 0 Å². The van der Waals surface area contributed by atoms with E-state index in [9.17, 15) is 0 Å². The van der Waals surface area contributed by atoms with E-state index in [0.717, 1.165) is 29.7 Å². The maximum Gasteiger partial charge on any atom is 0.175 e. The van der Waals surface area contributed by atoms with Crippen LogP contribution in [0.5, 0.6) is 0 Å². The second-order valence-electron chi connectivity index (χ2n) is 4.18. The Morgan fingerprint density at radius 3 is 2.41 bits per heavy atom. The van der Waals surface area contributed by atoms with Crippen molar-refractivity contribution in [2.45, 2.75) is 18.8 Å². The normalized spacial score (nSPS) is 15.2. The highest BCUT2D eigenvalue weighted by atomic mass is 35.5. The summed E-state index contributed by atoms with van der Waals surface area (Å²) in [5.41, 5.74) is 7.33. The highest BCUT2D eigenvalue weighted by Gasteiger charge is 2.33. The lowest BCUT2D eigenvalue weighted by Crippen LogP contribution is -1.91. The van der Waals surface area contributed by atoms with Gasteiger partial charge in [-0.25, -0.2) is 0 Å². The number of benzene rings is 1. The van der Waals surface area contributed by atoms with Crippen LogP contribution in [0.2, 0.25) is 10.0 Å². The van der Waals surface area contributed by atoms with Crippen LogP contribution >= 0.6 is 23.2 Å². The fourth-order valence-corrected chi connectivity index (χ4v) is 2.51. The smallest absolute Gasteiger partial charge is 0.175 e. The van der Waals surface area contributed by atoms with Gasteiger partial charge in [-0.2, -0.15) is 0 Å². The molecule has 0 unspecified atom stereocenters. The summed E-state index contributed by atoms with van der Waals surface area (Å²) >= 11 is 12.4. The van der Waals surface area contributed by atoms with Crippen LogP contribution in [0.1, 0.15) is 24.5 Å². The van der Waals surface area contributed by atoms with E-state index in [1.807, 2.05) is 0 Å². The number of anilines is 1. The van der Waals surface area contributed by atoms with Crippen molar-refractivity contribution in [1.29, 1.82) is 0 Å². The molecule has 1 fully saturated rings. The van der Waals surface area contributed by atoms with Gasteiger partial charge in [0, 0.05) is 11.5 Å². The fourth-order valence-electron chi connectivity index (χ4n) is 1.93. The van der Waals surface area contributed by atoms with E-state index in [1.165, 1.54) is 0 Å². The zero-order valence-corrected chi connectivity index (χ0v) is 10.4. The van der Waals surface area contributed by atoms with Crippen molar-refractivity contribution in [3.05, 3.63) is 34.0 Å². The molecule has 1 aromatic carbocycles. The molecule has 17 heavy (non-hydrogen) atoms. The molecule has 0 saturated heterocycles. The summed E-state index contributed by atoms with van der Waals surface area (Å²) in [6.45, 7) is 0. The van der Waals surface area contributed by atoms with Gasteiger partial charge in [-0.1, -0.05) is 34.4 Å². The number of hydrogen-bond acceptors (Lipinski definition) is 3. The first kappa shape index (κ1) is 10.9. The van der Waals surface area contributed by atoms with Crippen LogP contribution in [-0.2, 0) is 0 Å². The number of rotatable bonds is 2. The maximum atomic E-state index is 6.18. The van der Waals surface area contributed by atoms with Crippen LogP contribution in [0.4, 0.5) is 5.82 Å².